The van der Waals surface area contributed by atoms with E-state index in [1.807, 2.05) is 19.1 Å². The van der Waals surface area contributed by atoms with Crippen molar-refractivity contribution in [2.24, 2.45) is 5.92 Å². The number of nitrogens with one attached hydrogen (secondary N) is 2. The summed E-state index contributed by atoms with van der Waals surface area (Å²) in [7, 11) is 0. The minimum absolute atomic E-state index is 0.0794. The van der Waals surface area contributed by atoms with E-state index in [9.17, 15) is 4.79 Å². The summed E-state index contributed by atoms with van der Waals surface area (Å²) >= 11 is 0. The molecule has 1 saturated heterocycles. The quantitative estimate of drug-likeness (QED) is 0.838. The number of hydrogen-bond acceptors (Lipinski definition) is 3. The molecule has 2 rings (SSSR count). The molecule has 3 atom stereocenters. The Morgan fingerprint density at radius 3 is 2.86 bits per heavy atom. The van der Waals surface area contributed by atoms with E-state index in [0.29, 0.717) is 13.2 Å². The maximum atomic E-state index is 12.4. The van der Waals surface area contributed by atoms with Crippen LogP contribution >= 0.6 is 0 Å². The average Bonchev–Trinajstić information content (AvgIpc) is 2.90. The topological polar surface area (TPSA) is 50.4 Å². The molecule has 2 N–H and O–H groups in total. The lowest BCUT2D eigenvalue weighted by atomic mass is 9.99. The van der Waals surface area contributed by atoms with Crippen LogP contribution in [0, 0.1) is 12.8 Å². The van der Waals surface area contributed by atoms with E-state index in [1.165, 1.54) is 11.1 Å². The monoisotopic (exact) mass is 290 g/mol. The van der Waals surface area contributed by atoms with E-state index >= 15 is 0 Å². The highest BCUT2D eigenvalue weighted by Gasteiger charge is 2.33. The van der Waals surface area contributed by atoms with Gasteiger partial charge in [0.1, 0.15) is 0 Å². The highest BCUT2D eigenvalue weighted by Crippen LogP contribution is 2.15. The summed E-state index contributed by atoms with van der Waals surface area (Å²) in [5.41, 5.74) is 2.56. The Labute approximate surface area is 127 Å². The van der Waals surface area contributed by atoms with E-state index < -0.39 is 0 Å². The second-order valence-corrected chi connectivity index (χ2v) is 5.85. The molecule has 1 aliphatic rings. The zero-order valence-corrected chi connectivity index (χ0v) is 13.2. The van der Waals surface area contributed by atoms with Crippen LogP contribution in [-0.2, 0) is 16.0 Å². The predicted molar refractivity (Wildman–Crippen MR) is 84.3 cm³/mol. The van der Waals surface area contributed by atoms with E-state index in [-0.39, 0.29) is 23.9 Å². The largest absolute Gasteiger partial charge is 0.379 e. The van der Waals surface area contributed by atoms with Gasteiger partial charge in [-0.2, -0.15) is 0 Å². The summed E-state index contributed by atoms with van der Waals surface area (Å²) in [4.78, 5) is 12.4. The van der Waals surface area contributed by atoms with Crippen molar-refractivity contribution in [3.05, 3.63) is 35.4 Å². The van der Waals surface area contributed by atoms with Crippen molar-refractivity contribution in [1.29, 1.82) is 0 Å². The molecule has 0 aromatic heterocycles. The fraction of sp³-hybridized carbons (Fsp3) is 0.588. The molecule has 0 aliphatic carbocycles. The molecule has 116 valence electrons. The Morgan fingerprint density at radius 2 is 2.14 bits per heavy atom. The number of carbonyl (C=O) groups is 1. The van der Waals surface area contributed by atoms with Gasteiger partial charge in [0.25, 0.3) is 0 Å². The average molecular weight is 290 g/mol. The molecule has 1 fully saturated rings. The molecule has 3 unspecified atom stereocenters. The zero-order chi connectivity index (χ0) is 15.2. The Morgan fingerprint density at radius 1 is 1.38 bits per heavy atom. The van der Waals surface area contributed by atoms with Crippen molar-refractivity contribution >= 4 is 5.91 Å². The van der Waals surface area contributed by atoms with Crippen molar-refractivity contribution in [1.82, 2.24) is 10.6 Å². The molecule has 4 heteroatoms. The van der Waals surface area contributed by atoms with Crippen LogP contribution in [0.3, 0.4) is 0 Å². The van der Waals surface area contributed by atoms with Crippen LogP contribution in [0.15, 0.2) is 24.3 Å². The van der Waals surface area contributed by atoms with Crippen LogP contribution in [0.4, 0.5) is 0 Å². The first-order valence-corrected chi connectivity index (χ1v) is 7.77. The third-order valence-electron chi connectivity index (χ3n) is 4.06. The summed E-state index contributed by atoms with van der Waals surface area (Å²) in [6.45, 7) is 8.21. The number of aryl methyl sites for hydroxylation is 1. The molecule has 4 nitrogen and oxygen atoms in total. The molecular weight excluding hydrogens is 264 g/mol. The first-order chi connectivity index (χ1) is 10.1. The van der Waals surface area contributed by atoms with Gasteiger partial charge in [0.2, 0.25) is 5.91 Å². The van der Waals surface area contributed by atoms with E-state index in [2.05, 4.69) is 36.6 Å². The molecule has 1 aromatic rings. The lowest BCUT2D eigenvalue weighted by Crippen LogP contribution is -2.46. The van der Waals surface area contributed by atoms with Crippen LogP contribution in [0.5, 0.6) is 0 Å². The van der Waals surface area contributed by atoms with Gasteiger partial charge in [0.05, 0.1) is 19.1 Å². The Kier molecular flexibility index (Phi) is 5.76. The first kappa shape index (κ1) is 16.0. The number of benzene rings is 1. The maximum absolute atomic E-state index is 12.4. The van der Waals surface area contributed by atoms with Gasteiger partial charge in [-0.05, 0) is 37.9 Å². The Hall–Kier alpha value is -1.39. The molecule has 0 radical (unpaired) electrons. The molecule has 0 spiro atoms. The van der Waals surface area contributed by atoms with Gasteiger partial charge < -0.3 is 15.4 Å². The summed E-state index contributed by atoms with van der Waals surface area (Å²) in [5.74, 6) is 0.0174. The molecule has 1 aliphatic heterocycles. The third kappa shape index (κ3) is 4.29. The van der Waals surface area contributed by atoms with Gasteiger partial charge in [-0.25, -0.2) is 0 Å². The highest BCUT2D eigenvalue weighted by molar-refractivity contribution is 5.80. The van der Waals surface area contributed by atoms with E-state index in [4.69, 9.17) is 4.74 Å². The number of amides is 1. The number of rotatable bonds is 6. The summed E-state index contributed by atoms with van der Waals surface area (Å²) in [6.07, 6.45) is 0.859. The first-order valence-electron chi connectivity index (χ1n) is 7.77. The van der Waals surface area contributed by atoms with Gasteiger partial charge >= 0.3 is 0 Å². The Bertz CT molecular complexity index is 476. The third-order valence-corrected chi connectivity index (χ3v) is 4.06. The molecule has 1 aromatic carbocycles. The Balaban J connectivity index is 1.88. The lowest BCUT2D eigenvalue weighted by Gasteiger charge is -2.21. The van der Waals surface area contributed by atoms with Crippen LogP contribution in [0.1, 0.15) is 25.0 Å². The van der Waals surface area contributed by atoms with Crippen LogP contribution in [0.25, 0.3) is 0 Å². The fourth-order valence-electron chi connectivity index (χ4n) is 2.85. The SMILES string of the molecule is CCNC1COCC1C(=O)NC(C)Cc1ccccc1C. The second kappa shape index (κ2) is 7.57. The molecular formula is C17H26N2O2. The molecule has 0 saturated carbocycles. The van der Waals surface area contributed by atoms with E-state index in [0.717, 1.165) is 13.0 Å². The highest BCUT2D eigenvalue weighted by atomic mass is 16.5. The molecule has 21 heavy (non-hydrogen) atoms. The number of carbonyl (C=O) groups excluding carboxylic acids is 1. The normalized spacial score (nSPS) is 23.0. The lowest BCUT2D eigenvalue weighted by molar-refractivity contribution is -0.126. The van der Waals surface area contributed by atoms with Crippen molar-refractivity contribution in [3.8, 4) is 0 Å². The van der Waals surface area contributed by atoms with Crippen LogP contribution in [0.2, 0.25) is 0 Å². The number of ether oxygens (including phenoxy) is 1. The number of likely N-dealkylation sites (N-methyl/N-ethyl adjacent to an activating group) is 1. The molecule has 1 amide bonds. The minimum Gasteiger partial charge on any atom is -0.379 e. The molecule has 1 heterocycles. The van der Waals surface area contributed by atoms with Gasteiger partial charge in [-0.3, -0.25) is 4.79 Å². The van der Waals surface area contributed by atoms with Gasteiger partial charge in [0, 0.05) is 12.1 Å². The van der Waals surface area contributed by atoms with Crippen LogP contribution in [-0.4, -0.2) is 37.7 Å². The second-order valence-electron chi connectivity index (χ2n) is 5.85. The van der Waals surface area contributed by atoms with Crippen LogP contribution < -0.4 is 10.6 Å². The fourth-order valence-corrected chi connectivity index (χ4v) is 2.85. The van der Waals surface area contributed by atoms with Gasteiger partial charge in [-0.1, -0.05) is 31.2 Å². The van der Waals surface area contributed by atoms with Crippen molar-refractivity contribution in [2.45, 2.75) is 39.3 Å². The summed E-state index contributed by atoms with van der Waals surface area (Å²) < 4.78 is 5.44. The predicted octanol–water partition coefficient (Wildman–Crippen LogP) is 1.67. The smallest absolute Gasteiger partial charge is 0.227 e. The van der Waals surface area contributed by atoms with Crippen molar-refractivity contribution < 1.29 is 9.53 Å². The van der Waals surface area contributed by atoms with Crippen molar-refractivity contribution in [3.63, 3.8) is 0 Å². The minimum atomic E-state index is -0.0794. The van der Waals surface area contributed by atoms with E-state index in [1.54, 1.807) is 0 Å². The van der Waals surface area contributed by atoms with Gasteiger partial charge in [-0.15, -0.1) is 0 Å². The zero-order valence-electron chi connectivity index (χ0n) is 13.2. The van der Waals surface area contributed by atoms with Gasteiger partial charge in [0.15, 0.2) is 0 Å². The summed E-state index contributed by atoms with van der Waals surface area (Å²) in [6, 6.07) is 8.58. The van der Waals surface area contributed by atoms with Crippen molar-refractivity contribution in [2.75, 3.05) is 19.8 Å². The maximum Gasteiger partial charge on any atom is 0.227 e. The standard InChI is InChI=1S/C17H26N2O2/c1-4-18-16-11-21-10-15(16)17(20)19-13(3)9-14-8-6-5-7-12(14)2/h5-8,13,15-16,18H,4,9-11H2,1-3H3,(H,19,20). The number of hydrogen-bond donors (Lipinski definition) is 2. The summed E-state index contributed by atoms with van der Waals surface area (Å²) in [5, 5.41) is 6.45. The molecule has 0 bridgehead atoms.